The molecule has 156 valence electrons. The number of benzene rings is 2. The molecule has 2 aromatic carbocycles. The van der Waals surface area contributed by atoms with Gasteiger partial charge in [0.05, 0.1) is 11.6 Å². The highest BCUT2D eigenvalue weighted by molar-refractivity contribution is 5.94. The molecule has 4 rings (SSSR count). The number of nitrogens with one attached hydrogen (secondary N) is 1. The van der Waals surface area contributed by atoms with E-state index in [0.717, 1.165) is 44.9 Å². The van der Waals surface area contributed by atoms with Crippen LogP contribution in [-0.4, -0.2) is 16.1 Å². The largest absolute Gasteiger partial charge is 0.478 e. The Morgan fingerprint density at radius 3 is 2.65 bits per heavy atom. The molecule has 31 heavy (non-hydrogen) atoms. The summed E-state index contributed by atoms with van der Waals surface area (Å²) in [5.41, 5.74) is 6.51. The van der Waals surface area contributed by atoms with Crippen LogP contribution >= 0.6 is 0 Å². The monoisotopic (exact) mass is 412 g/mol. The fraction of sp³-hybridized carbons (Fsp3) is 0.154. The Morgan fingerprint density at radius 2 is 1.94 bits per heavy atom. The second-order valence-electron chi connectivity index (χ2n) is 7.72. The molecule has 5 nitrogen and oxygen atoms in total. The number of para-hydroxylation sites is 1. The van der Waals surface area contributed by atoms with Gasteiger partial charge in [-0.15, -0.1) is 0 Å². The number of nitrogens with zero attached hydrogens (tertiary/aromatic N) is 1. The van der Waals surface area contributed by atoms with Crippen molar-refractivity contribution in [2.75, 3.05) is 5.32 Å². The van der Waals surface area contributed by atoms with Crippen molar-refractivity contribution in [3.63, 3.8) is 0 Å². The van der Waals surface area contributed by atoms with E-state index in [1.165, 1.54) is 0 Å². The molecule has 0 spiro atoms. The van der Waals surface area contributed by atoms with Gasteiger partial charge in [-0.2, -0.15) is 0 Å². The number of fused-ring (bicyclic) bond motifs is 1. The zero-order chi connectivity index (χ0) is 22.1. The van der Waals surface area contributed by atoms with E-state index in [1.54, 1.807) is 30.6 Å². The lowest BCUT2D eigenvalue weighted by atomic mass is 9.89. The standard InChI is InChI=1S/C26H24N2O3/c1-15-12-21-16(2)17(3)24(19-8-7-11-27-14-19)31-25(21)22(13-15)18(4)28-23-10-6-5-9-20(23)26(29)30/h5-14,18,28H,2H2,1,3-4H3,(H,29,30). The van der Waals surface area contributed by atoms with Gasteiger partial charge < -0.3 is 15.2 Å². The van der Waals surface area contributed by atoms with Crippen molar-refractivity contribution in [3.05, 3.63) is 101 Å². The predicted octanol–water partition coefficient (Wildman–Crippen LogP) is 6.10. The number of anilines is 1. The Balaban J connectivity index is 1.77. The third kappa shape index (κ3) is 3.82. The van der Waals surface area contributed by atoms with Crippen LogP contribution < -0.4 is 10.1 Å². The molecule has 0 bridgehead atoms. The molecule has 0 saturated carbocycles. The molecular weight excluding hydrogens is 388 g/mol. The summed E-state index contributed by atoms with van der Waals surface area (Å²) in [5, 5.41) is 12.9. The molecule has 0 radical (unpaired) electrons. The van der Waals surface area contributed by atoms with Crippen LogP contribution in [0.25, 0.3) is 11.3 Å². The molecule has 3 aromatic rings. The van der Waals surface area contributed by atoms with E-state index < -0.39 is 5.97 Å². The van der Waals surface area contributed by atoms with Crippen LogP contribution in [0.15, 0.2) is 73.1 Å². The Morgan fingerprint density at radius 1 is 1.16 bits per heavy atom. The summed E-state index contributed by atoms with van der Waals surface area (Å²) in [7, 11) is 0. The molecule has 0 aliphatic carbocycles. The SMILES string of the molecule is C=C1C(C)=C(c2cccnc2)Oc2c1cc(C)cc2C(C)Nc1ccccc1C(=O)O. The molecule has 0 saturated heterocycles. The van der Waals surface area contributed by atoms with Crippen LogP contribution in [0.4, 0.5) is 5.69 Å². The third-order valence-corrected chi connectivity index (χ3v) is 5.50. The fourth-order valence-electron chi connectivity index (χ4n) is 3.86. The first-order valence-corrected chi connectivity index (χ1v) is 10.1. The van der Waals surface area contributed by atoms with Gasteiger partial charge in [0, 0.05) is 34.8 Å². The second-order valence-corrected chi connectivity index (χ2v) is 7.72. The molecular formula is C26H24N2O3. The number of hydrogen-bond acceptors (Lipinski definition) is 4. The van der Waals surface area contributed by atoms with Gasteiger partial charge in [0.1, 0.15) is 11.5 Å². The van der Waals surface area contributed by atoms with Crippen molar-refractivity contribution < 1.29 is 14.6 Å². The van der Waals surface area contributed by atoms with Crippen LogP contribution in [0.5, 0.6) is 5.75 Å². The zero-order valence-electron chi connectivity index (χ0n) is 17.8. The molecule has 1 aromatic heterocycles. The number of carboxylic acids is 1. The Kier molecular flexibility index (Phi) is 5.34. The van der Waals surface area contributed by atoms with Gasteiger partial charge >= 0.3 is 5.97 Å². The molecule has 0 amide bonds. The number of pyridine rings is 1. The van der Waals surface area contributed by atoms with Crippen molar-refractivity contribution >= 4 is 23.0 Å². The average molecular weight is 412 g/mol. The molecule has 5 heteroatoms. The molecule has 2 heterocycles. The highest BCUT2D eigenvalue weighted by Crippen LogP contribution is 2.45. The lowest BCUT2D eigenvalue weighted by Crippen LogP contribution is -2.15. The Hall–Kier alpha value is -3.86. The molecule has 0 fully saturated rings. The topological polar surface area (TPSA) is 71.5 Å². The molecule has 1 aliphatic heterocycles. The van der Waals surface area contributed by atoms with Crippen LogP contribution in [0, 0.1) is 6.92 Å². The van der Waals surface area contributed by atoms with Crippen molar-refractivity contribution in [2.45, 2.75) is 26.8 Å². The van der Waals surface area contributed by atoms with E-state index in [9.17, 15) is 9.90 Å². The maximum Gasteiger partial charge on any atom is 0.337 e. The molecule has 1 atom stereocenters. The second kappa shape index (κ2) is 8.11. The first-order chi connectivity index (χ1) is 14.9. The maximum atomic E-state index is 11.6. The smallest absolute Gasteiger partial charge is 0.337 e. The number of allylic oxidation sites excluding steroid dienone is 2. The summed E-state index contributed by atoms with van der Waals surface area (Å²) < 4.78 is 6.45. The van der Waals surface area contributed by atoms with Crippen LogP contribution in [0.2, 0.25) is 0 Å². The van der Waals surface area contributed by atoms with Crippen LogP contribution in [0.3, 0.4) is 0 Å². The van der Waals surface area contributed by atoms with Crippen molar-refractivity contribution in [2.24, 2.45) is 0 Å². The van der Waals surface area contributed by atoms with Gasteiger partial charge in [-0.25, -0.2) is 4.79 Å². The molecule has 2 N–H and O–H groups in total. The number of hydrogen-bond donors (Lipinski definition) is 2. The number of carbonyl (C=O) groups is 1. The minimum atomic E-state index is -0.969. The maximum absolute atomic E-state index is 11.6. The summed E-state index contributed by atoms with van der Waals surface area (Å²) in [6.07, 6.45) is 3.50. The van der Waals surface area contributed by atoms with Gasteiger partial charge in [0.2, 0.25) is 0 Å². The normalized spacial score (nSPS) is 14.0. The minimum absolute atomic E-state index is 0.199. The van der Waals surface area contributed by atoms with Gasteiger partial charge in [0.25, 0.3) is 0 Å². The van der Waals surface area contributed by atoms with Gasteiger partial charge in [-0.3, -0.25) is 4.98 Å². The van der Waals surface area contributed by atoms with E-state index in [1.807, 2.05) is 39.0 Å². The summed E-state index contributed by atoms with van der Waals surface area (Å²) in [6, 6.07) is 14.7. The predicted molar refractivity (Wildman–Crippen MR) is 123 cm³/mol. The summed E-state index contributed by atoms with van der Waals surface area (Å²) >= 11 is 0. The lowest BCUT2D eigenvalue weighted by Gasteiger charge is -2.29. The zero-order valence-corrected chi connectivity index (χ0v) is 17.8. The lowest BCUT2D eigenvalue weighted by molar-refractivity contribution is 0.0698. The average Bonchev–Trinajstić information content (AvgIpc) is 2.77. The van der Waals surface area contributed by atoms with Crippen molar-refractivity contribution in [1.82, 2.24) is 4.98 Å². The van der Waals surface area contributed by atoms with Gasteiger partial charge in [-0.1, -0.05) is 24.8 Å². The fourth-order valence-corrected chi connectivity index (χ4v) is 3.86. The Bertz CT molecular complexity index is 1210. The van der Waals surface area contributed by atoms with Crippen molar-refractivity contribution in [1.29, 1.82) is 0 Å². The number of ether oxygens (including phenoxy) is 1. The van der Waals surface area contributed by atoms with Crippen LogP contribution in [0.1, 0.15) is 52.5 Å². The van der Waals surface area contributed by atoms with Gasteiger partial charge in [-0.05, 0) is 67.8 Å². The van der Waals surface area contributed by atoms with E-state index in [0.29, 0.717) is 5.69 Å². The van der Waals surface area contributed by atoms with E-state index in [2.05, 4.69) is 29.0 Å². The number of aryl methyl sites for hydroxylation is 1. The highest BCUT2D eigenvalue weighted by atomic mass is 16.5. The number of aromatic nitrogens is 1. The summed E-state index contributed by atoms with van der Waals surface area (Å²) in [6.45, 7) is 10.3. The van der Waals surface area contributed by atoms with Gasteiger partial charge in [0.15, 0.2) is 0 Å². The quantitative estimate of drug-likeness (QED) is 0.530. The molecule has 1 unspecified atom stereocenters. The molecule has 1 aliphatic rings. The number of carboxylic acid groups (broad SMARTS) is 1. The van der Waals surface area contributed by atoms with Crippen molar-refractivity contribution in [3.8, 4) is 5.75 Å². The number of rotatable bonds is 5. The van der Waals surface area contributed by atoms with E-state index in [-0.39, 0.29) is 11.6 Å². The Labute approximate surface area is 181 Å². The summed E-state index contributed by atoms with van der Waals surface area (Å²) in [5.74, 6) is 0.491. The van der Waals surface area contributed by atoms with Crippen LogP contribution in [-0.2, 0) is 0 Å². The highest BCUT2D eigenvalue weighted by Gasteiger charge is 2.27. The number of aromatic carboxylic acids is 1. The minimum Gasteiger partial charge on any atom is -0.478 e. The van der Waals surface area contributed by atoms with E-state index >= 15 is 0 Å². The summed E-state index contributed by atoms with van der Waals surface area (Å²) in [4.78, 5) is 15.8. The third-order valence-electron chi connectivity index (χ3n) is 5.50. The first kappa shape index (κ1) is 20.4. The first-order valence-electron chi connectivity index (χ1n) is 10.1. The van der Waals surface area contributed by atoms with E-state index in [4.69, 9.17) is 4.74 Å².